The first-order chi connectivity index (χ1) is 10.6. The van der Waals surface area contributed by atoms with E-state index < -0.39 is 0 Å². The molecule has 2 aliphatic rings. The van der Waals surface area contributed by atoms with Gasteiger partial charge in [0.25, 0.3) is 0 Å². The summed E-state index contributed by atoms with van der Waals surface area (Å²) in [6, 6.07) is 6.06. The van der Waals surface area contributed by atoms with Gasteiger partial charge in [-0.15, -0.1) is 0 Å². The summed E-state index contributed by atoms with van der Waals surface area (Å²) in [5, 5.41) is 5.75. The summed E-state index contributed by atoms with van der Waals surface area (Å²) in [5.74, 6) is -0.375. The van der Waals surface area contributed by atoms with Gasteiger partial charge in [-0.2, -0.15) is 0 Å². The van der Waals surface area contributed by atoms with E-state index in [1.54, 1.807) is 0 Å². The largest absolute Gasteiger partial charge is 0.353 e. The molecule has 0 bridgehead atoms. The number of carbonyl (C=O) groups excluding carboxylic acids is 2. The number of hydrogen-bond acceptors (Lipinski definition) is 3. The van der Waals surface area contributed by atoms with Crippen molar-refractivity contribution in [1.82, 2.24) is 10.2 Å². The second-order valence-corrected chi connectivity index (χ2v) is 6.06. The Bertz CT molecular complexity index is 557. The normalized spacial score (nSPS) is 21.6. The summed E-state index contributed by atoms with van der Waals surface area (Å²) in [7, 11) is 0. The van der Waals surface area contributed by atoms with Crippen LogP contribution in [-0.2, 0) is 9.59 Å². The molecule has 0 aromatic heterocycles. The average molecular weight is 305 g/mol. The first-order valence-corrected chi connectivity index (χ1v) is 7.68. The standard InChI is InChI=1S/C16H20FN3O2/c17-12-1-3-13(4-2-12)18-15(21)10-20-8-7-11(9-20)16(22)19-14-5-6-14/h1-4,11,14H,5-10H2,(H,18,21)(H,19,22). The van der Waals surface area contributed by atoms with Gasteiger partial charge >= 0.3 is 0 Å². The third kappa shape index (κ3) is 4.04. The van der Waals surface area contributed by atoms with E-state index in [-0.39, 0.29) is 30.1 Å². The Balaban J connectivity index is 1.44. The highest BCUT2D eigenvalue weighted by molar-refractivity contribution is 5.92. The molecule has 0 spiro atoms. The lowest BCUT2D eigenvalue weighted by Gasteiger charge is -2.15. The molecule has 1 unspecified atom stereocenters. The van der Waals surface area contributed by atoms with Crippen molar-refractivity contribution in [3.8, 4) is 0 Å². The van der Waals surface area contributed by atoms with Gasteiger partial charge in [-0.25, -0.2) is 4.39 Å². The van der Waals surface area contributed by atoms with Crippen LogP contribution in [0.2, 0.25) is 0 Å². The van der Waals surface area contributed by atoms with Crippen LogP contribution >= 0.6 is 0 Å². The van der Waals surface area contributed by atoms with E-state index in [9.17, 15) is 14.0 Å². The van der Waals surface area contributed by atoms with Gasteiger partial charge in [-0.1, -0.05) is 0 Å². The van der Waals surface area contributed by atoms with Crippen LogP contribution in [0.15, 0.2) is 24.3 Å². The number of nitrogens with zero attached hydrogens (tertiary/aromatic N) is 1. The number of halogens is 1. The zero-order valence-corrected chi connectivity index (χ0v) is 12.3. The van der Waals surface area contributed by atoms with Gasteiger partial charge in [-0.05, 0) is 50.1 Å². The van der Waals surface area contributed by atoms with Crippen molar-refractivity contribution in [3.05, 3.63) is 30.1 Å². The van der Waals surface area contributed by atoms with Crippen LogP contribution in [0.5, 0.6) is 0 Å². The van der Waals surface area contributed by atoms with Crippen LogP contribution in [0.3, 0.4) is 0 Å². The third-order valence-electron chi connectivity index (χ3n) is 4.06. The van der Waals surface area contributed by atoms with E-state index >= 15 is 0 Å². The first kappa shape index (κ1) is 15.0. The van der Waals surface area contributed by atoms with Crippen molar-refractivity contribution in [2.45, 2.75) is 25.3 Å². The molecule has 5 nitrogen and oxygen atoms in total. The third-order valence-corrected chi connectivity index (χ3v) is 4.06. The number of benzene rings is 1. The van der Waals surface area contributed by atoms with Gasteiger partial charge < -0.3 is 10.6 Å². The van der Waals surface area contributed by atoms with E-state index in [2.05, 4.69) is 10.6 Å². The molecule has 0 radical (unpaired) electrons. The molecule has 1 atom stereocenters. The fraction of sp³-hybridized carbons (Fsp3) is 0.500. The molecule has 2 fully saturated rings. The monoisotopic (exact) mass is 305 g/mol. The number of rotatable bonds is 5. The fourth-order valence-electron chi connectivity index (χ4n) is 2.67. The predicted molar refractivity (Wildman–Crippen MR) is 80.7 cm³/mol. The second-order valence-electron chi connectivity index (χ2n) is 6.06. The number of hydrogen-bond donors (Lipinski definition) is 2. The van der Waals surface area contributed by atoms with Gasteiger partial charge in [0, 0.05) is 18.3 Å². The minimum atomic E-state index is -0.331. The van der Waals surface area contributed by atoms with Crippen molar-refractivity contribution >= 4 is 17.5 Å². The van der Waals surface area contributed by atoms with E-state index in [1.165, 1.54) is 24.3 Å². The highest BCUT2D eigenvalue weighted by atomic mass is 19.1. The van der Waals surface area contributed by atoms with Crippen molar-refractivity contribution in [1.29, 1.82) is 0 Å². The average Bonchev–Trinajstić information content (AvgIpc) is 3.17. The molecule has 1 aromatic carbocycles. The Hall–Kier alpha value is -1.95. The molecule has 6 heteroatoms. The number of amides is 2. The molecule has 2 N–H and O–H groups in total. The quantitative estimate of drug-likeness (QED) is 0.863. The van der Waals surface area contributed by atoms with Gasteiger partial charge in [0.2, 0.25) is 11.8 Å². The molecular weight excluding hydrogens is 285 g/mol. The summed E-state index contributed by atoms with van der Waals surface area (Å²) in [4.78, 5) is 25.9. The van der Waals surface area contributed by atoms with E-state index in [1.807, 2.05) is 4.90 Å². The Morgan fingerprint density at radius 2 is 1.91 bits per heavy atom. The summed E-state index contributed by atoms with van der Waals surface area (Å²) < 4.78 is 12.8. The van der Waals surface area contributed by atoms with Gasteiger partial charge in [-0.3, -0.25) is 14.5 Å². The summed E-state index contributed by atoms with van der Waals surface area (Å²) >= 11 is 0. The number of nitrogens with one attached hydrogen (secondary N) is 2. The molecule has 2 amide bonds. The Labute approximate surface area is 128 Å². The minimum Gasteiger partial charge on any atom is -0.353 e. The van der Waals surface area contributed by atoms with Gasteiger partial charge in [0.05, 0.1) is 12.5 Å². The maximum absolute atomic E-state index is 12.8. The van der Waals surface area contributed by atoms with Crippen molar-refractivity contribution < 1.29 is 14.0 Å². The number of likely N-dealkylation sites (tertiary alicyclic amines) is 1. The van der Waals surface area contributed by atoms with Crippen molar-refractivity contribution in [2.24, 2.45) is 5.92 Å². The number of carbonyl (C=O) groups is 2. The smallest absolute Gasteiger partial charge is 0.238 e. The molecule has 118 valence electrons. The molecule has 3 rings (SSSR count). The summed E-state index contributed by atoms with van der Waals surface area (Å²) in [6.45, 7) is 1.62. The Morgan fingerprint density at radius 3 is 2.59 bits per heavy atom. The predicted octanol–water partition coefficient (Wildman–Crippen LogP) is 1.36. The first-order valence-electron chi connectivity index (χ1n) is 7.68. The van der Waals surface area contributed by atoms with E-state index in [0.717, 1.165) is 25.8 Å². The molecule has 1 aliphatic carbocycles. The minimum absolute atomic E-state index is 0.0146. The SMILES string of the molecule is O=C(CN1CCC(C(=O)NC2CC2)C1)Nc1ccc(F)cc1. The number of anilines is 1. The lowest BCUT2D eigenvalue weighted by molar-refractivity contribution is -0.125. The van der Waals surface area contributed by atoms with Crippen molar-refractivity contribution in [3.63, 3.8) is 0 Å². The molecule has 1 heterocycles. The van der Waals surface area contributed by atoms with Crippen LogP contribution in [0.4, 0.5) is 10.1 Å². The lowest BCUT2D eigenvalue weighted by atomic mass is 10.1. The van der Waals surface area contributed by atoms with Crippen LogP contribution in [-0.4, -0.2) is 42.4 Å². The summed E-state index contributed by atoms with van der Waals surface area (Å²) in [6.07, 6.45) is 2.97. The topological polar surface area (TPSA) is 61.4 Å². The molecule has 1 saturated heterocycles. The maximum Gasteiger partial charge on any atom is 0.238 e. The molecule has 1 aliphatic heterocycles. The molecular formula is C16H20FN3O2. The second kappa shape index (κ2) is 6.44. The Kier molecular flexibility index (Phi) is 4.38. The maximum atomic E-state index is 12.8. The molecule has 1 saturated carbocycles. The molecule has 22 heavy (non-hydrogen) atoms. The zero-order chi connectivity index (χ0) is 15.5. The van der Waals surface area contributed by atoms with Crippen LogP contribution in [0, 0.1) is 11.7 Å². The van der Waals surface area contributed by atoms with Gasteiger partial charge in [0.15, 0.2) is 0 Å². The van der Waals surface area contributed by atoms with E-state index in [4.69, 9.17) is 0 Å². The highest BCUT2D eigenvalue weighted by Gasteiger charge is 2.32. The van der Waals surface area contributed by atoms with E-state index in [0.29, 0.717) is 18.3 Å². The highest BCUT2D eigenvalue weighted by Crippen LogP contribution is 2.22. The lowest BCUT2D eigenvalue weighted by Crippen LogP contribution is -2.36. The zero-order valence-electron chi connectivity index (χ0n) is 12.3. The summed E-state index contributed by atoms with van der Waals surface area (Å²) in [5.41, 5.74) is 0.577. The van der Waals surface area contributed by atoms with Crippen LogP contribution in [0.1, 0.15) is 19.3 Å². The van der Waals surface area contributed by atoms with Crippen molar-refractivity contribution in [2.75, 3.05) is 25.0 Å². The molecule has 1 aromatic rings. The van der Waals surface area contributed by atoms with Crippen LogP contribution < -0.4 is 10.6 Å². The van der Waals surface area contributed by atoms with Gasteiger partial charge in [0.1, 0.15) is 5.82 Å². The van der Waals surface area contributed by atoms with Crippen LogP contribution in [0.25, 0.3) is 0 Å². The fourth-order valence-corrected chi connectivity index (χ4v) is 2.67. The Morgan fingerprint density at radius 1 is 1.18 bits per heavy atom.